The third kappa shape index (κ3) is 7.56. The van der Waals surface area contributed by atoms with Crippen molar-refractivity contribution in [1.29, 1.82) is 0 Å². The van der Waals surface area contributed by atoms with Gasteiger partial charge in [0.05, 0.1) is 17.8 Å². The molecule has 0 aliphatic heterocycles. The van der Waals surface area contributed by atoms with Crippen molar-refractivity contribution >= 4 is 46.9 Å². The summed E-state index contributed by atoms with van der Waals surface area (Å²) < 4.78 is 16.9. The molecule has 0 atom stereocenters. The molecule has 3 aromatic carbocycles. The molecule has 0 saturated heterocycles. The number of benzene rings is 3. The summed E-state index contributed by atoms with van der Waals surface area (Å²) in [6.45, 7) is 2.46. The lowest BCUT2D eigenvalue weighted by atomic mass is 10.2. The summed E-state index contributed by atoms with van der Waals surface area (Å²) >= 11 is 17.9. The molecule has 3 aromatic rings. The van der Waals surface area contributed by atoms with E-state index in [0.717, 1.165) is 11.1 Å². The Morgan fingerprint density at radius 2 is 1.73 bits per heavy atom. The number of rotatable bonds is 10. The van der Waals surface area contributed by atoms with Gasteiger partial charge in [0.15, 0.2) is 18.1 Å². The lowest BCUT2D eigenvalue weighted by molar-refractivity contribution is -0.123. The third-order valence-corrected chi connectivity index (χ3v) is 5.31. The maximum absolute atomic E-state index is 12.0. The number of nitrogens with one attached hydrogen (secondary N) is 1. The van der Waals surface area contributed by atoms with Crippen LogP contribution >= 0.6 is 34.8 Å². The summed E-state index contributed by atoms with van der Waals surface area (Å²) in [5.74, 6) is 1.04. The first-order valence-corrected chi connectivity index (χ1v) is 11.1. The smallest absolute Gasteiger partial charge is 0.277 e. The number of carbonyl (C=O) groups is 1. The van der Waals surface area contributed by atoms with Gasteiger partial charge in [-0.2, -0.15) is 5.10 Å². The molecule has 6 nitrogen and oxygen atoms in total. The van der Waals surface area contributed by atoms with Gasteiger partial charge >= 0.3 is 0 Å². The zero-order valence-corrected chi connectivity index (χ0v) is 20.0. The van der Waals surface area contributed by atoms with Crippen molar-refractivity contribution in [1.82, 2.24) is 5.43 Å². The molecule has 0 radical (unpaired) electrons. The van der Waals surface area contributed by atoms with Crippen molar-refractivity contribution in [2.75, 3.05) is 13.2 Å². The Hall–Kier alpha value is -2.93. The summed E-state index contributed by atoms with van der Waals surface area (Å²) in [6.07, 6.45) is 1.50. The quantitative estimate of drug-likeness (QED) is 0.264. The molecule has 0 fully saturated rings. The average molecular weight is 508 g/mol. The zero-order chi connectivity index (χ0) is 23.6. The van der Waals surface area contributed by atoms with Crippen LogP contribution in [0.2, 0.25) is 15.1 Å². The molecule has 1 N–H and O–H groups in total. The Balaban J connectivity index is 1.56. The van der Waals surface area contributed by atoms with Crippen molar-refractivity contribution in [3.63, 3.8) is 0 Å². The second-order valence-corrected chi connectivity index (χ2v) is 7.91. The number of amides is 1. The SMILES string of the molecule is CCOc1cc(C=NNC(=O)COc2cccc(Cl)c2Cl)ccc1OCc1ccc(Cl)cc1. The van der Waals surface area contributed by atoms with E-state index in [4.69, 9.17) is 49.0 Å². The average Bonchev–Trinajstić information content (AvgIpc) is 2.81. The Bertz CT molecular complexity index is 1120. The van der Waals surface area contributed by atoms with Crippen molar-refractivity contribution in [2.24, 2.45) is 5.10 Å². The minimum Gasteiger partial charge on any atom is -0.490 e. The van der Waals surface area contributed by atoms with Crippen molar-refractivity contribution in [3.05, 3.63) is 86.9 Å². The van der Waals surface area contributed by atoms with Crippen LogP contribution in [0.3, 0.4) is 0 Å². The van der Waals surface area contributed by atoms with Gasteiger partial charge in [-0.15, -0.1) is 0 Å². The fourth-order valence-corrected chi connectivity index (χ4v) is 3.16. The van der Waals surface area contributed by atoms with E-state index in [1.54, 1.807) is 36.4 Å². The second kappa shape index (κ2) is 12.3. The molecule has 0 aliphatic rings. The zero-order valence-electron chi connectivity index (χ0n) is 17.7. The highest BCUT2D eigenvalue weighted by Crippen LogP contribution is 2.31. The van der Waals surface area contributed by atoms with Crippen LogP contribution in [0, 0.1) is 0 Å². The third-order valence-electron chi connectivity index (χ3n) is 4.25. The van der Waals surface area contributed by atoms with E-state index in [-0.39, 0.29) is 11.6 Å². The highest BCUT2D eigenvalue weighted by molar-refractivity contribution is 6.42. The molecule has 33 heavy (non-hydrogen) atoms. The predicted molar refractivity (Wildman–Crippen MR) is 131 cm³/mol. The first-order valence-electron chi connectivity index (χ1n) is 9.99. The van der Waals surface area contributed by atoms with Gasteiger partial charge in [0.1, 0.15) is 17.4 Å². The monoisotopic (exact) mass is 506 g/mol. The molecule has 3 rings (SSSR count). The van der Waals surface area contributed by atoms with Crippen LogP contribution in [0.1, 0.15) is 18.1 Å². The minimum absolute atomic E-state index is 0.247. The normalized spacial score (nSPS) is 10.8. The molecule has 0 spiro atoms. The molecule has 0 aromatic heterocycles. The van der Waals surface area contributed by atoms with E-state index in [1.165, 1.54) is 6.21 Å². The van der Waals surface area contributed by atoms with E-state index >= 15 is 0 Å². The van der Waals surface area contributed by atoms with E-state index in [9.17, 15) is 4.79 Å². The van der Waals surface area contributed by atoms with E-state index in [1.807, 2.05) is 31.2 Å². The van der Waals surface area contributed by atoms with Crippen molar-refractivity contribution < 1.29 is 19.0 Å². The number of hydrazone groups is 1. The Labute approximate surface area is 207 Å². The molecule has 1 amide bonds. The first kappa shape index (κ1) is 24.7. The van der Waals surface area contributed by atoms with Crippen LogP contribution in [0.5, 0.6) is 17.2 Å². The standard InChI is InChI=1S/C24H21Cl3N2O4/c1-2-31-22-12-17(8-11-20(22)32-14-16-6-9-18(25)10-7-16)13-28-29-23(30)15-33-21-5-3-4-19(26)24(21)27/h3-13H,2,14-15H2,1H3,(H,29,30). The number of ether oxygens (including phenoxy) is 3. The lowest BCUT2D eigenvalue weighted by Crippen LogP contribution is -2.24. The fraction of sp³-hybridized carbons (Fsp3) is 0.167. The summed E-state index contributed by atoms with van der Waals surface area (Å²) in [4.78, 5) is 12.0. The second-order valence-electron chi connectivity index (χ2n) is 6.69. The number of hydrogen-bond acceptors (Lipinski definition) is 5. The van der Waals surface area contributed by atoms with Gasteiger partial charge in [-0.05, 0) is 60.5 Å². The summed E-state index contributed by atoms with van der Waals surface area (Å²) in [7, 11) is 0. The number of hydrogen-bond donors (Lipinski definition) is 1. The first-order chi connectivity index (χ1) is 16.0. The van der Waals surface area contributed by atoms with Gasteiger partial charge in [-0.1, -0.05) is 53.0 Å². The number of nitrogens with zero attached hydrogens (tertiary/aromatic N) is 1. The lowest BCUT2D eigenvalue weighted by Gasteiger charge is -2.12. The summed E-state index contributed by atoms with van der Waals surface area (Å²) in [5.41, 5.74) is 4.10. The summed E-state index contributed by atoms with van der Waals surface area (Å²) in [5, 5.41) is 5.22. The predicted octanol–water partition coefficient (Wildman–Crippen LogP) is 6.15. The molecule has 9 heteroatoms. The largest absolute Gasteiger partial charge is 0.490 e. The molecule has 0 unspecified atom stereocenters. The molecule has 0 aliphatic carbocycles. The van der Waals surface area contributed by atoms with E-state index in [0.29, 0.717) is 40.5 Å². The Morgan fingerprint density at radius 3 is 2.48 bits per heavy atom. The fourth-order valence-electron chi connectivity index (χ4n) is 2.68. The van der Waals surface area contributed by atoms with E-state index < -0.39 is 5.91 Å². The molecule has 172 valence electrons. The number of halogens is 3. The molecular formula is C24H21Cl3N2O4. The topological polar surface area (TPSA) is 69.2 Å². The molecule has 0 saturated carbocycles. The maximum atomic E-state index is 12.0. The van der Waals surface area contributed by atoms with Crippen LogP contribution in [-0.4, -0.2) is 25.3 Å². The molecule has 0 bridgehead atoms. The van der Waals surface area contributed by atoms with Crippen LogP contribution in [0.25, 0.3) is 0 Å². The number of carbonyl (C=O) groups excluding carboxylic acids is 1. The van der Waals surface area contributed by atoms with Gasteiger partial charge in [0.25, 0.3) is 5.91 Å². The summed E-state index contributed by atoms with van der Waals surface area (Å²) in [6, 6.07) is 17.7. The van der Waals surface area contributed by atoms with Crippen LogP contribution in [-0.2, 0) is 11.4 Å². The van der Waals surface area contributed by atoms with Crippen LogP contribution < -0.4 is 19.6 Å². The van der Waals surface area contributed by atoms with Crippen LogP contribution in [0.15, 0.2) is 65.8 Å². The maximum Gasteiger partial charge on any atom is 0.277 e. The van der Waals surface area contributed by atoms with Gasteiger partial charge in [0, 0.05) is 5.02 Å². The van der Waals surface area contributed by atoms with Gasteiger partial charge in [-0.25, -0.2) is 5.43 Å². The van der Waals surface area contributed by atoms with Crippen molar-refractivity contribution in [2.45, 2.75) is 13.5 Å². The van der Waals surface area contributed by atoms with Crippen molar-refractivity contribution in [3.8, 4) is 17.2 Å². The Morgan fingerprint density at radius 1 is 0.939 bits per heavy atom. The van der Waals surface area contributed by atoms with Gasteiger partial charge in [0.2, 0.25) is 0 Å². The van der Waals surface area contributed by atoms with Gasteiger partial charge in [-0.3, -0.25) is 4.79 Å². The molecule has 0 heterocycles. The highest BCUT2D eigenvalue weighted by Gasteiger charge is 2.09. The molecular weight excluding hydrogens is 487 g/mol. The minimum atomic E-state index is -0.449. The van der Waals surface area contributed by atoms with Crippen LogP contribution in [0.4, 0.5) is 0 Å². The van der Waals surface area contributed by atoms with E-state index in [2.05, 4.69) is 10.5 Å². The van der Waals surface area contributed by atoms with Gasteiger partial charge < -0.3 is 14.2 Å². The Kier molecular flexibility index (Phi) is 9.24. The highest BCUT2D eigenvalue weighted by atomic mass is 35.5.